The number of carbonyl (C=O) groups excluding carboxylic acids is 2. The molecule has 1 amide bonds. The first-order valence-electron chi connectivity index (χ1n) is 12.4. The molecular formula is C31H30N2O4. The van der Waals surface area contributed by atoms with Gasteiger partial charge in [-0.1, -0.05) is 73.5 Å². The Morgan fingerprint density at radius 2 is 1.68 bits per heavy atom. The number of nitrogens with zero attached hydrogens (tertiary/aromatic N) is 1. The number of ether oxygens (including phenoxy) is 2. The highest BCUT2D eigenvalue weighted by molar-refractivity contribution is 6.04. The van der Waals surface area contributed by atoms with Gasteiger partial charge in [-0.25, -0.2) is 10.2 Å². The van der Waals surface area contributed by atoms with Gasteiger partial charge in [-0.15, -0.1) is 0 Å². The van der Waals surface area contributed by atoms with Crippen molar-refractivity contribution in [3.63, 3.8) is 0 Å². The second-order valence-electron chi connectivity index (χ2n) is 8.78. The molecule has 1 N–H and O–H groups in total. The van der Waals surface area contributed by atoms with Crippen LogP contribution in [0.2, 0.25) is 0 Å². The fraction of sp³-hybridized carbons (Fsp3) is 0.194. The van der Waals surface area contributed by atoms with Gasteiger partial charge in [0.05, 0.1) is 11.8 Å². The fourth-order valence-corrected chi connectivity index (χ4v) is 3.83. The summed E-state index contributed by atoms with van der Waals surface area (Å²) in [5.74, 6) is 0.105. The summed E-state index contributed by atoms with van der Waals surface area (Å²) in [5, 5.41) is 5.90. The third kappa shape index (κ3) is 7.04. The van der Waals surface area contributed by atoms with Crippen molar-refractivity contribution in [1.29, 1.82) is 0 Å². The van der Waals surface area contributed by atoms with E-state index in [-0.39, 0.29) is 6.61 Å². The molecule has 4 aromatic carbocycles. The molecule has 6 nitrogen and oxygen atoms in total. The van der Waals surface area contributed by atoms with Crippen LogP contribution in [0.25, 0.3) is 10.8 Å². The third-order valence-corrected chi connectivity index (χ3v) is 5.92. The van der Waals surface area contributed by atoms with Crippen LogP contribution in [0.1, 0.15) is 46.8 Å². The molecule has 188 valence electrons. The van der Waals surface area contributed by atoms with Crippen molar-refractivity contribution < 1.29 is 19.1 Å². The molecule has 0 spiro atoms. The number of benzene rings is 4. The van der Waals surface area contributed by atoms with E-state index in [1.807, 2.05) is 73.7 Å². The summed E-state index contributed by atoms with van der Waals surface area (Å²) in [6, 6.07) is 26.2. The molecule has 0 aliphatic rings. The number of fused-ring (bicyclic) bond motifs is 1. The Hall–Kier alpha value is -4.45. The first-order valence-corrected chi connectivity index (χ1v) is 12.4. The number of unbranched alkanes of at least 4 members (excludes halogenated alkanes) is 1. The molecule has 4 aromatic rings. The van der Waals surface area contributed by atoms with Crippen molar-refractivity contribution >= 4 is 28.9 Å². The van der Waals surface area contributed by atoms with E-state index in [1.165, 1.54) is 11.8 Å². The van der Waals surface area contributed by atoms with Crippen LogP contribution in [-0.4, -0.2) is 24.7 Å². The second-order valence-corrected chi connectivity index (χ2v) is 8.78. The number of hydrogen-bond donors (Lipinski definition) is 1. The minimum atomic E-state index is -0.469. The van der Waals surface area contributed by atoms with Gasteiger partial charge in [-0.3, -0.25) is 4.79 Å². The molecule has 0 aliphatic carbocycles. The Morgan fingerprint density at radius 1 is 0.919 bits per heavy atom. The Morgan fingerprint density at radius 3 is 2.43 bits per heavy atom. The van der Waals surface area contributed by atoms with E-state index in [9.17, 15) is 9.59 Å². The number of carbonyl (C=O) groups is 2. The maximum atomic E-state index is 12.7. The van der Waals surface area contributed by atoms with Crippen LogP contribution >= 0.6 is 0 Å². The minimum absolute atomic E-state index is 0.170. The lowest BCUT2D eigenvalue weighted by Gasteiger charge is -2.11. The maximum absolute atomic E-state index is 12.7. The Labute approximate surface area is 216 Å². The van der Waals surface area contributed by atoms with E-state index < -0.39 is 11.9 Å². The van der Waals surface area contributed by atoms with Crippen LogP contribution < -0.4 is 14.9 Å². The van der Waals surface area contributed by atoms with Crippen molar-refractivity contribution in [2.24, 2.45) is 5.10 Å². The van der Waals surface area contributed by atoms with Gasteiger partial charge < -0.3 is 9.47 Å². The van der Waals surface area contributed by atoms with Crippen molar-refractivity contribution in [3.8, 4) is 11.5 Å². The van der Waals surface area contributed by atoms with Gasteiger partial charge in [0.2, 0.25) is 0 Å². The third-order valence-electron chi connectivity index (χ3n) is 5.92. The number of aryl methyl sites for hydroxylation is 2. The first-order chi connectivity index (χ1) is 18.0. The second kappa shape index (κ2) is 12.5. The van der Waals surface area contributed by atoms with Crippen molar-refractivity contribution in [2.45, 2.75) is 33.1 Å². The zero-order valence-corrected chi connectivity index (χ0v) is 21.1. The van der Waals surface area contributed by atoms with Crippen LogP contribution in [0, 0.1) is 6.92 Å². The van der Waals surface area contributed by atoms with E-state index in [1.54, 1.807) is 18.2 Å². The molecule has 0 radical (unpaired) electrons. The van der Waals surface area contributed by atoms with E-state index >= 15 is 0 Å². The predicted octanol–water partition coefficient (Wildman–Crippen LogP) is 6.24. The summed E-state index contributed by atoms with van der Waals surface area (Å²) in [4.78, 5) is 25.1. The molecule has 0 bridgehead atoms. The Bertz CT molecular complexity index is 1390. The van der Waals surface area contributed by atoms with Crippen molar-refractivity contribution in [3.05, 3.63) is 107 Å². The molecule has 37 heavy (non-hydrogen) atoms. The molecule has 0 heterocycles. The molecule has 0 fully saturated rings. The summed E-state index contributed by atoms with van der Waals surface area (Å²) in [6.07, 6.45) is 4.81. The predicted molar refractivity (Wildman–Crippen MR) is 146 cm³/mol. The number of hydrogen-bond acceptors (Lipinski definition) is 5. The Kier molecular flexibility index (Phi) is 8.66. The van der Waals surface area contributed by atoms with E-state index in [4.69, 9.17) is 9.47 Å². The Balaban J connectivity index is 1.43. The number of amides is 1. The maximum Gasteiger partial charge on any atom is 0.343 e. The SMILES string of the molecule is CCCCc1ccc(OCC(=O)N/N=C\c2c(OC(=O)c3ccc(C)cc3)ccc3ccccc23)cc1. The number of esters is 1. The highest BCUT2D eigenvalue weighted by atomic mass is 16.5. The molecule has 0 saturated heterocycles. The van der Waals surface area contributed by atoms with Gasteiger partial charge >= 0.3 is 5.97 Å². The smallest absolute Gasteiger partial charge is 0.343 e. The normalized spacial score (nSPS) is 11.0. The molecule has 0 aromatic heterocycles. The summed E-state index contributed by atoms with van der Waals surface area (Å²) in [7, 11) is 0. The summed E-state index contributed by atoms with van der Waals surface area (Å²) < 4.78 is 11.3. The number of nitrogens with one attached hydrogen (secondary N) is 1. The standard InChI is InChI=1S/C31H30N2O4/c1-3-4-7-23-12-17-26(18-13-23)36-21-30(34)33-32-20-28-27-9-6-5-8-24(27)16-19-29(28)37-31(35)25-14-10-22(2)11-15-25/h5-6,8-20H,3-4,7,21H2,1-2H3,(H,33,34)/b32-20-. The van der Waals surface area contributed by atoms with Crippen LogP contribution in [0.5, 0.6) is 11.5 Å². The van der Waals surface area contributed by atoms with Crippen LogP contribution in [0.3, 0.4) is 0 Å². The van der Waals surface area contributed by atoms with Crippen molar-refractivity contribution in [1.82, 2.24) is 5.43 Å². The van der Waals surface area contributed by atoms with Crippen molar-refractivity contribution in [2.75, 3.05) is 6.61 Å². The number of rotatable bonds is 10. The highest BCUT2D eigenvalue weighted by Gasteiger charge is 2.13. The van der Waals surface area contributed by atoms with Gasteiger partial charge in [0.25, 0.3) is 5.91 Å². The fourth-order valence-electron chi connectivity index (χ4n) is 3.83. The summed E-state index contributed by atoms with van der Waals surface area (Å²) in [6.45, 7) is 3.95. The average molecular weight is 495 g/mol. The number of hydrazone groups is 1. The van der Waals surface area contributed by atoms with E-state index in [2.05, 4.69) is 17.5 Å². The van der Waals surface area contributed by atoms with E-state index in [0.29, 0.717) is 22.6 Å². The lowest BCUT2D eigenvalue weighted by Crippen LogP contribution is -2.24. The monoisotopic (exact) mass is 494 g/mol. The quantitative estimate of drug-likeness (QED) is 0.123. The first kappa shape index (κ1) is 25.6. The lowest BCUT2D eigenvalue weighted by molar-refractivity contribution is -0.123. The van der Waals surface area contributed by atoms with Gasteiger partial charge in [0, 0.05) is 5.56 Å². The van der Waals surface area contributed by atoms with Gasteiger partial charge in [0.15, 0.2) is 6.61 Å². The summed E-state index contributed by atoms with van der Waals surface area (Å²) >= 11 is 0. The topological polar surface area (TPSA) is 77.0 Å². The van der Waals surface area contributed by atoms with E-state index in [0.717, 1.165) is 35.6 Å². The molecular weight excluding hydrogens is 464 g/mol. The summed E-state index contributed by atoms with van der Waals surface area (Å²) in [5.41, 5.74) is 5.83. The van der Waals surface area contributed by atoms with Crippen LogP contribution in [0.4, 0.5) is 0 Å². The molecule has 0 unspecified atom stereocenters. The van der Waals surface area contributed by atoms with Gasteiger partial charge in [0.1, 0.15) is 11.5 Å². The van der Waals surface area contributed by atoms with Gasteiger partial charge in [-0.05, 0) is 66.4 Å². The largest absolute Gasteiger partial charge is 0.484 e. The molecule has 0 saturated carbocycles. The zero-order valence-electron chi connectivity index (χ0n) is 21.1. The molecule has 0 atom stereocenters. The lowest BCUT2D eigenvalue weighted by atomic mass is 10.0. The minimum Gasteiger partial charge on any atom is -0.484 e. The molecule has 0 aliphatic heterocycles. The highest BCUT2D eigenvalue weighted by Crippen LogP contribution is 2.27. The molecule has 6 heteroatoms. The zero-order chi connectivity index (χ0) is 26.0. The van der Waals surface area contributed by atoms with Crippen LogP contribution in [0.15, 0.2) is 90.0 Å². The molecule has 4 rings (SSSR count). The average Bonchev–Trinajstić information content (AvgIpc) is 2.92. The van der Waals surface area contributed by atoms with Crippen LogP contribution in [-0.2, 0) is 11.2 Å². The van der Waals surface area contributed by atoms with Gasteiger partial charge in [-0.2, -0.15) is 5.10 Å².